The van der Waals surface area contributed by atoms with Crippen LogP contribution < -0.4 is 0 Å². The Morgan fingerprint density at radius 2 is 1.96 bits per heavy atom. The second kappa shape index (κ2) is 6.63. The van der Waals surface area contributed by atoms with E-state index in [9.17, 15) is 9.90 Å². The van der Waals surface area contributed by atoms with E-state index in [1.54, 1.807) is 19.1 Å². The molecule has 2 aromatic heterocycles. The van der Waals surface area contributed by atoms with Crippen molar-refractivity contribution in [2.24, 2.45) is 0 Å². The van der Waals surface area contributed by atoms with Crippen molar-refractivity contribution in [1.29, 1.82) is 0 Å². The van der Waals surface area contributed by atoms with Crippen LogP contribution in [0.1, 0.15) is 29.9 Å². The molecular weight excluding hydrogens is 360 g/mol. The molecule has 4 aromatic rings. The third-order valence-corrected chi connectivity index (χ3v) is 5.21. The largest absolute Gasteiger partial charge is 0.508 e. The molecule has 0 saturated carbocycles. The minimum atomic E-state index is -0.0589. The van der Waals surface area contributed by atoms with E-state index < -0.39 is 0 Å². The summed E-state index contributed by atoms with van der Waals surface area (Å²) in [5.41, 5.74) is 6.10. The van der Waals surface area contributed by atoms with Gasteiger partial charge in [0.15, 0.2) is 5.78 Å². The maximum Gasteiger partial charge on any atom is 0.176 e. The number of aromatic nitrogens is 2. The van der Waals surface area contributed by atoms with E-state index in [4.69, 9.17) is 11.6 Å². The van der Waals surface area contributed by atoms with Gasteiger partial charge in [0, 0.05) is 40.7 Å². The van der Waals surface area contributed by atoms with E-state index >= 15 is 0 Å². The molecule has 5 heteroatoms. The lowest BCUT2D eigenvalue weighted by atomic mass is 9.94. The molecule has 27 heavy (non-hydrogen) atoms. The first kappa shape index (κ1) is 17.4. The molecule has 0 spiro atoms. The lowest BCUT2D eigenvalue weighted by Crippen LogP contribution is -1.96. The predicted molar refractivity (Wildman–Crippen MR) is 110 cm³/mol. The third kappa shape index (κ3) is 2.82. The van der Waals surface area contributed by atoms with E-state index in [1.165, 1.54) is 6.07 Å². The zero-order valence-electron chi connectivity index (χ0n) is 15.1. The third-order valence-electron chi connectivity index (χ3n) is 4.90. The Labute approximate surface area is 161 Å². The van der Waals surface area contributed by atoms with Crippen molar-refractivity contribution < 1.29 is 9.90 Å². The van der Waals surface area contributed by atoms with Gasteiger partial charge in [-0.05, 0) is 42.3 Å². The van der Waals surface area contributed by atoms with E-state index in [2.05, 4.69) is 16.9 Å². The number of hydrogen-bond donors (Lipinski definition) is 3. The lowest BCUT2D eigenvalue weighted by Gasteiger charge is -2.09. The van der Waals surface area contributed by atoms with Crippen molar-refractivity contribution in [2.45, 2.75) is 20.3 Å². The number of hydrogen-bond acceptors (Lipinski definition) is 2. The predicted octanol–water partition coefficient (Wildman–Crippen LogP) is 5.95. The van der Waals surface area contributed by atoms with Crippen LogP contribution in [0.3, 0.4) is 0 Å². The average Bonchev–Trinajstić information content (AvgIpc) is 3.25. The highest BCUT2D eigenvalue weighted by Gasteiger charge is 2.23. The number of H-pyrrole nitrogens is 2. The molecule has 3 N–H and O–H groups in total. The Morgan fingerprint density at radius 3 is 2.67 bits per heavy atom. The minimum Gasteiger partial charge on any atom is -0.508 e. The zero-order valence-corrected chi connectivity index (χ0v) is 15.8. The number of ketones is 1. The van der Waals surface area contributed by atoms with Crippen molar-refractivity contribution >= 4 is 28.3 Å². The minimum absolute atomic E-state index is 0.0589. The molecule has 0 aliphatic carbocycles. The number of Topliss-reactive ketones (excluding diaryl/α,β-unsaturated/α-hetero) is 1. The number of aromatic hydroxyl groups is 1. The summed E-state index contributed by atoms with van der Waals surface area (Å²) < 4.78 is 0. The average molecular weight is 379 g/mol. The Hall–Kier alpha value is -2.98. The Kier molecular flexibility index (Phi) is 4.28. The van der Waals surface area contributed by atoms with Crippen molar-refractivity contribution in [3.63, 3.8) is 0 Å². The summed E-state index contributed by atoms with van der Waals surface area (Å²) in [5, 5.41) is 11.2. The standard InChI is InChI=1S/C22H19ClN2O2/c1-3-14-20(17-8-7-13(27)11-18(17)23)21(12(2)26)25-22(14)16-5-4-6-19-15(16)9-10-24-19/h4-11,24-25,27H,3H2,1-2H3. The summed E-state index contributed by atoms with van der Waals surface area (Å²) in [5.74, 6) is 0.0374. The molecule has 0 fully saturated rings. The van der Waals surface area contributed by atoms with Crippen LogP contribution >= 0.6 is 11.6 Å². The van der Waals surface area contributed by atoms with Crippen LogP contribution in [0.15, 0.2) is 48.7 Å². The summed E-state index contributed by atoms with van der Waals surface area (Å²) in [6, 6.07) is 12.9. The number of nitrogens with one attached hydrogen (secondary N) is 2. The lowest BCUT2D eigenvalue weighted by molar-refractivity contribution is 0.101. The maximum atomic E-state index is 12.4. The van der Waals surface area contributed by atoms with Crippen molar-refractivity contribution in [1.82, 2.24) is 9.97 Å². The molecule has 0 aliphatic heterocycles. The summed E-state index contributed by atoms with van der Waals surface area (Å²) in [4.78, 5) is 19.0. The zero-order chi connectivity index (χ0) is 19.1. The number of halogens is 1. The monoisotopic (exact) mass is 378 g/mol. The SMILES string of the molecule is CCc1c(-c2cccc3[nH]ccc23)[nH]c(C(C)=O)c1-c1ccc(O)cc1Cl. The number of phenols is 1. The van der Waals surface area contributed by atoms with Gasteiger partial charge >= 0.3 is 0 Å². The molecule has 0 amide bonds. The van der Waals surface area contributed by atoms with Gasteiger partial charge in [-0.15, -0.1) is 0 Å². The Bertz CT molecular complexity index is 1170. The van der Waals surface area contributed by atoms with Gasteiger partial charge < -0.3 is 15.1 Å². The number of carbonyl (C=O) groups is 1. The van der Waals surface area contributed by atoms with Crippen LogP contribution in [-0.4, -0.2) is 20.9 Å². The summed E-state index contributed by atoms with van der Waals surface area (Å²) in [6.07, 6.45) is 2.64. The van der Waals surface area contributed by atoms with Gasteiger partial charge in [-0.3, -0.25) is 4.79 Å². The second-order valence-corrected chi connectivity index (χ2v) is 6.95. The maximum absolute atomic E-state index is 12.4. The van der Waals surface area contributed by atoms with Crippen LogP contribution in [0, 0.1) is 0 Å². The van der Waals surface area contributed by atoms with Gasteiger partial charge in [-0.2, -0.15) is 0 Å². The highest BCUT2D eigenvalue weighted by Crippen LogP contribution is 2.41. The van der Waals surface area contributed by atoms with E-state index in [0.29, 0.717) is 10.7 Å². The Balaban J connectivity index is 2.06. The normalized spacial score (nSPS) is 11.2. The number of benzene rings is 2. The van der Waals surface area contributed by atoms with Crippen LogP contribution in [0.4, 0.5) is 0 Å². The highest BCUT2D eigenvalue weighted by molar-refractivity contribution is 6.33. The molecule has 0 unspecified atom stereocenters. The van der Waals surface area contributed by atoms with Gasteiger partial charge in [0.05, 0.1) is 16.4 Å². The van der Waals surface area contributed by atoms with Gasteiger partial charge in [0.25, 0.3) is 0 Å². The molecule has 0 saturated heterocycles. The molecule has 4 nitrogen and oxygen atoms in total. The van der Waals surface area contributed by atoms with Crippen LogP contribution in [0.2, 0.25) is 5.02 Å². The quantitative estimate of drug-likeness (QED) is 0.384. The molecule has 0 radical (unpaired) electrons. The number of aromatic amines is 2. The first-order valence-electron chi connectivity index (χ1n) is 8.82. The highest BCUT2D eigenvalue weighted by atomic mass is 35.5. The van der Waals surface area contributed by atoms with Gasteiger partial charge in [-0.25, -0.2) is 0 Å². The van der Waals surface area contributed by atoms with Crippen LogP contribution in [-0.2, 0) is 6.42 Å². The number of phenolic OH excluding ortho intramolecular Hbond substituents is 1. The molecule has 0 bridgehead atoms. The van der Waals surface area contributed by atoms with E-state index in [0.717, 1.165) is 45.3 Å². The van der Waals surface area contributed by atoms with E-state index in [-0.39, 0.29) is 11.5 Å². The summed E-state index contributed by atoms with van der Waals surface area (Å²) >= 11 is 6.41. The molecule has 2 aromatic carbocycles. The van der Waals surface area contributed by atoms with Crippen molar-refractivity contribution in [3.8, 4) is 28.1 Å². The fourth-order valence-corrected chi connectivity index (χ4v) is 3.96. The summed E-state index contributed by atoms with van der Waals surface area (Å²) in [6.45, 7) is 3.61. The molecule has 0 atom stereocenters. The molecule has 2 heterocycles. The Morgan fingerprint density at radius 1 is 1.15 bits per heavy atom. The fourth-order valence-electron chi connectivity index (χ4n) is 3.69. The first-order chi connectivity index (χ1) is 13.0. The van der Waals surface area contributed by atoms with E-state index in [1.807, 2.05) is 30.5 Å². The van der Waals surface area contributed by atoms with Gasteiger partial charge in [0.1, 0.15) is 5.75 Å². The fraction of sp³-hybridized carbons (Fsp3) is 0.136. The van der Waals surface area contributed by atoms with Crippen LogP contribution in [0.5, 0.6) is 5.75 Å². The first-order valence-corrected chi connectivity index (χ1v) is 9.20. The van der Waals surface area contributed by atoms with Crippen molar-refractivity contribution in [2.75, 3.05) is 0 Å². The van der Waals surface area contributed by atoms with Crippen molar-refractivity contribution in [3.05, 3.63) is 64.9 Å². The molecule has 136 valence electrons. The summed E-state index contributed by atoms with van der Waals surface area (Å²) in [7, 11) is 0. The topological polar surface area (TPSA) is 68.9 Å². The molecule has 0 aliphatic rings. The number of carbonyl (C=O) groups excluding carboxylic acids is 1. The number of rotatable bonds is 4. The second-order valence-electron chi connectivity index (χ2n) is 6.55. The van der Waals surface area contributed by atoms with Gasteiger partial charge in [0.2, 0.25) is 0 Å². The molecule has 4 rings (SSSR count). The van der Waals surface area contributed by atoms with Gasteiger partial charge in [-0.1, -0.05) is 30.7 Å². The number of fused-ring (bicyclic) bond motifs is 1. The van der Waals surface area contributed by atoms with Crippen LogP contribution in [0.25, 0.3) is 33.3 Å². The smallest absolute Gasteiger partial charge is 0.176 e. The molecular formula is C22H19ClN2O2.